The third-order valence-corrected chi connectivity index (χ3v) is 15.8. The van der Waals surface area contributed by atoms with Crippen molar-refractivity contribution in [3.63, 3.8) is 0 Å². The molecule has 2 heterocycles. The van der Waals surface area contributed by atoms with Crippen LogP contribution >= 0.6 is 0 Å². The largest absolute Gasteiger partial charge is 0.343 e. The number of fused-ring (bicyclic) bond motifs is 3. The monoisotopic (exact) mass is 843 g/mol. The molecule has 0 aromatic heterocycles. The number of benzene rings is 2. The molecule has 2 aromatic carbocycles. The minimum atomic E-state index is -0.495. The minimum Gasteiger partial charge on any atom is -0.343 e. The molecular formula is C60H66N4. The van der Waals surface area contributed by atoms with Crippen LogP contribution in [0.3, 0.4) is 0 Å². The van der Waals surface area contributed by atoms with Gasteiger partial charge in [0.15, 0.2) is 5.84 Å². The third-order valence-electron chi connectivity index (χ3n) is 15.8. The second-order valence-electron chi connectivity index (χ2n) is 21.0. The second kappa shape index (κ2) is 16.4. The molecule has 64 heavy (non-hydrogen) atoms. The minimum absolute atomic E-state index is 0.0136. The molecule has 6 aliphatic carbocycles. The van der Waals surface area contributed by atoms with Crippen LogP contribution in [0.1, 0.15) is 122 Å². The average Bonchev–Trinajstić information content (AvgIpc) is 3.30. The molecule has 1 N–H and O–H groups in total. The highest BCUT2D eigenvalue weighted by atomic mass is 15.1. The van der Waals surface area contributed by atoms with E-state index >= 15 is 0 Å². The number of nitrogens with one attached hydrogen (secondary N) is 1. The standard InChI is InChI=1S/C60H66N4/c1-38-18-17-22-45(32-38)57-62-54(50-23-14-13-19-40(50)3)52-35-41(4)49-25-24-44(37-51(49)60(52,8)64-57)46-33-39(2)34-47(36-46)56-61-53(43-20-11-9-12-21-43)42(5)55(63-56)59(7)30-26-48(27-31-59)58(6)28-15-10-16-29-58/h9-28,30,33,36-42,50,53H,29,31-32,34-35H2,1-8H3,(H,62,64). The third kappa shape index (κ3) is 7.55. The van der Waals surface area contributed by atoms with Crippen molar-refractivity contribution < 1.29 is 0 Å². The van der Waals surface area contributed by atoms with Gasteiger partial charge in [-0.1, -0.05) is 182 Å². The highest BCUT2D eigenvalue weighted by Crippen LogP contribution is 2.53. The molecule has 4 nitrogen and oxygen atoms in total. The lowest BCUT2D eigenvalue weighted by atomic mass is 9.66. The van der Waals surface area contributed by atoms with Crippen LogP contribution in [0.4, 0.5) is 0 Å². The van der Waals surface area contributed by atoms with Gasteiger partial charge in [0, 0.05) is 34.1 Å². The molecule has 0 fully saturated rings. The van der Waals surface area contributed by atoms with Crippen molar-refractivity contribution in [3.8, 4) is 0 Å². The van der Waals surface area contributed by atoms with Crippen molar-refractivity contribution in [2.45, 2.75) is 105 Å². The van der Waals surface area contributed by atoms with Crippen LogP contribution in [0.5, 0.6) is 0 Å². The number of nitrogens with zero attached hydrogens (tertiary/aromatic N) is 3. The number of aliphatic imine (C=N–C) groups is 3. The Morgan fingerprint density at radius 1 is 0.750 bits per heavy atom. The Morgan fingerprint density at radius 2 is 1.56 bits per heavy atom. The molecule has 0 saturated carbocycles. The summed E-state index contributed by atoms with van der Waals surface area (Å²) < 4.78 is 0. The lowest BCUT2D eigenvalue weighted by molar-refractivity contribution is 0.448. The van der Waals surface area contributed by atoms with Crippen LogP contribution < -0.4 is 5.32 Å². The molecule has 10 atom stereocenters. The van der Waals surface area contributed by atoms with Gasteiger partial charge < -0.3 is 5.32 Å². The van der Waals surface area contributed by atoms with Gasteiger partial charge in [-0.3, -0.25) is 9.98 Å². The fourth-order valence-electron chi connectivity index (χ4n) is 11.9. The maximum atomic E-state index is 5.78. The van der Waals surface area contributed by atoms with Gasteiger partial charge in [0.2, 0.25) is 0 Å². The summed E-state index contributed by atoms with van der Waals surface area (Å²) in [6.45, 7) is 18.9. The fourth-order valence-corrected chi connectivity index (χ4v) is 11.9. The molecular weight excluding hydrogens is 777 g/mol. The molecule has 4 heteroatoms. The average molecular weight is 843 g/mol. The fraction of sp³-hybridized carbons (Fsp3) is 0.383. The van der Waals surface area contributed by atoms with E-state index in [1.165, 1.54) is 61.5 Å². The van der Waals surface area contributed by atoms with Crippen LogP contribution in [0.25, 0.3) is 5.57 Å². The highest BCUT2D eigenvalue weighted by Gasteiger charge is 2.46. The van der Waals surface area contributed by atoms with Gasteiger partial charge in [-0.2, -0.15) is 0 Å². The molecule has 2 aliphatic heterocycles. The first kappa shape index (κ1) is 42.3. The van der Waals surface area contributed by atoms with Crippen LogP contribution in [0.15, 0.2) is 189 Å². The number of amidine groups is 2. The Kier molecular flexibility index (Phi) is 10.9. The van der Waals surface area contributed by atoms with Crippen molar-refractivity contribution in [3.05, 3.63) is 196 Å². The van der Waals surface area contributed by atoms with E-state index in [2.05, 4.69) is 206 Å². The summed E-state index contributed by atoms with van der Waals surface area (Å²) in [5.41, 5.74) is 13.7. The van der Waals surface area contributed by atoms with Crippen molar-refractivity contribution in [2.24, 2.45) is 55.4 Å². The first-order chi connectivity index (χ1) is 30.8. The Balaban J connectivity index is 1.05. The molecule has 0 radical (unpaired) electrons. The van der Waals surface area contributed by atoms with Gasteiger partial charge in [0.1, 0.15) is 11.4 Å². The van der Waals surface area contributed by atoms with Crippen molar-refractivity contribution in [1.29, 1.82) is 0 Å². The number of allylic oxidation sites excluding steroid dienone is 18. The van der Waals surface area contributed by atoms with Crippen LogP contribution in [0.2, 0.25) is 0 Å². The molecule has 0 saturated heterocycles. The van der Waals surface area contributed by atoms with E-state index in [4.69, 9.17) is 15.0 Å². The summed E-state index contributed by atoms with van der Waals surface area (Å²) in [5.74, 6) is 3.93. The predicted molar refractivity (Wildman–Crippen MR) is 270 cm³/mol. The van der Waals surface area contributed by atoms with Crippen molar-refractivity contribution in [1.82, 2.24) is 5.32 Å². The normalized spacial score (nSPS) is 35.2. The van der Waals surface area contributed by atoms with Gasteiger partial charge in [-0.05, 0) is 125 Å². The maximum Gasteiger partial charge on any atom is 0.151 e. The zero-order valence-corrected chi connectivity index (χ0v) is 39.3. The Labute approximate surface area is 383 Å². The number of rotatable bonds is 7. The van der Waals surface area contributed by atoms with E-state index in [9.17, 15) is 0 Å². The van der Waals surface area contributed by atoms with E-state index in [0.29, 0.717) is 23.7 Å². The number of hydrogen-bond donors (Lipinski definition) is 1. The Morgan fingerprint density at radius 3 is 2.31 bits per heavy atom. The van der Waals surface area contributed by atoms with Crippen LogP contribution in [0, 0.1) is 40.4 Å². The molecule has 2 aromatic rings. The summed E-state index contributed by atoms with van der Waals surface area (Å²) in [4.78, 5) is 17.0. The predicted octanol–water partition coefficient (Wildman–Crippen LogP) is 14.6. The summed E-state index contributed by atoms with van der Waals surface area (Å²) in [6, 6.07) is 18.2. The molecule has 10 rings (SSSR count). The van der Waals surface area contributed by atoms with E-state index in [-0.39, 0.29) is 28.7 Å². The molecule has 326 valence electrons. The summed E-state index contributed by atoms with van der Waals surface area (Å²) in [6.07, 6.45) is 42.0. The summed E-state index contributed by atoms with van der Waals surface area (Å²) in [7, 11) is 0. The quantitative estimate of drug-likeness (QED) is 0.297. The van der Waals surface area contributed by atoms with Crippen LogP contribution in [-0.4, -0.2) is 17.4 Å². The van der Waals surface area contributed by atoms with Gasteiger partial charge in [-0.25, -0.2) is 4.99 Å². The van der Waals surface area contributed by atoms with Crippen molar-refractivity contribution >= 4 is 23.0 Å². The van der Waals surface area contributed by atoms with Gasteiger partial charge in [0.05, 0.1) is 6.04 Å². The maximum absolute atomic E-state index is 5.78. The first-order valence-electron chi connectivity index (χ1n) is 24.2. The van der Waals surface area contributed by atoms with E-state index in [0.717, 1.165) is 43.8 Å². The molecule has 8 aliphatic rings. The number of hydrogen-bond acceptors (Lipinski definition) is 4. The van der Waals surface area contributed by atoms with Gasteiger partial charge in [0.25, 0.3) is 0 Å². The Bertz CT molecular complexity index is 2700. The van der Waals surface area contributed by atoms with E-state index in [1.54, 1.807) is 0 Å². The molecule has 0 spiro atoms. The lowest BCUT2D eigenvalue weighted by Crippen LogP contribution is -2.44. The van der Waals surface area contributed by atoms with E-state index in [1.807, 2.05) is 0 Å². The topological polar surface area (TPSA) is 49.1 Å². The second-order valence-corrected chi connectivity index (χ2v) is 21.0. The van der Waals surface area contributed by atoms with Crippen molar-refractivity contribution in [2.75, 3.05) is 0 Å². The molecule has 0 amide bonds. The van der Waals surface area contributed by atoms with Crippen LogP contribution in [-0.2, 0) is 5.54 Å². The van der Waals surface area contributed by atoms with Gasteiger partial charge >= 0.3 is 0 Å². The lowest BCUT2D eigenvalue weighted by Gasteiger charge is -2.45. The highest BCUT2D eigenvalue weighted by molar-refractivity contribution is 6.12. The molecule has 10 unspecified atom stereocenters. The zero-order valence-electron chi connectivity index (χ0n) is 39.3. The Hall–Kier alpha value is -5.61. The van der Waals surface area contributed by atoms with Gasteiger partial charge in [-0.15, -0.1) is 0 Å². The smallest absolute Gasteiger partial charge is 0.151 e. The first-order valence-corrected chi connectivity index (χ1v) is 24.2. The summed E-state index contributed by atoms with van der Waals surface area (Å²) in [5, 5.41) is 4.00. The van der Waals surface area contributed by atoms with E-state index < -0.39 is 5.54 Å². The SMILES string of the molecule is CC1C=C(c2ccc3c(c2)C2(C)N=C(C4=CC=CC(C)C4)NC(C4C=CC=CC4C)=C2CC3C)C=C(C2=NC(c3ccccc3)C(C)C(C3(C)C=CC(C4(C)C=CC=CC4)=CC3)=N2)C1. The molecule has 0 bridgehead atoms. The zero-order chi connectivity index (χ0) is 44.4. The summed E-state index contributed by atoms with van der Waals surface area (Å²) >= 11 is 0.